The third-order valence-electron chi connectivity index (χ3n) is 6.36. The molecule has 0 aliphatic carbocycles. The van der Waals surface area contributed by atoms with E-state index in [1.54, 1.807) is 6.20 Å². The van der Waals surface area contributed by atoms with Gasteiger partial charge in [0.2, 0.25) is 24.0 Å². The predicted molar refractivity (Wildman–Crippen MR) is 134 cm³/mol. The largest absolute Gasteiger partial charge is 0.351 e. The first-order valence-electron chi connectivity index (χ1n) is 12.5. The lowest BCUT2D eigenvalue weighted by Crippen LogP contribution is -2.56. The minimum absolute atomic E-state index is 0.247. The molecule has 1 aliphatic rings. The Morgan fingerprint density at radius 2 is 2.00 bits per heavy atom. The normalized spacial score (nSPS) is 17.7. The molecule has 0 saturated carbocycles. The summed E-state index contributed by atoms with van der Waals surface area (Å²) in [4.78, 5) is 59.3. The highest BCUT2D eigenvalue weighted by atomic mass is 16.2. The van der Waals surface area contributed by atoms with Crippen LogP contribution in [0.25, 0.3) is 0 Å². The number of carbonyl (C=O) groups is 3. The van der Waals surface area contributed by atoms with Gasteiger partial charge in [-0.25, -0.2) is 4.98 Å². The molecule has 1 saturated heterocycles. The Hall–Kier alpha value is -3.53. The van der Waals surface area contributed by atoms with Gasteiger partial charge in [-0.3, -0.25) is 19.2 Å². The lowest BCUT2D eigenvalue weighted by Gasteiger charge is -2.28. The number of likely N-dealkylation sites (tertiary alicyclic amines) is 1. The molecule has 5 N–H and O–H groups in total. The number of carbonyl (C=O) groups excluding carboxylic acids is 4. The van der Waals surface area contributed by atoms with Crippen LogP contribution in [0.3, 0.4) is 0 Å². The number of benzene rings is 1. The fourth-order valence-corrected chi connectivity index (χ4v) is 4.40. The van der Waals surface area contributed by atoms with Gasteiger partial charge in [-0.2, -0.15) is 0 Å². The zero-order valence-electron chi connectivity index (χ0n) is 20.6. The van der Waals surface area contributed by atoms with Gasteiger partial charge in [-0.15, -0.1) is 0 Å². The molecule has 1 radical (unpaired) electrons. The van der Waals surface area contributed by atoms with Crippen molar-refractivity contribution in [2.45, 2.75) is 76.0 Å². The summed E-state index contributed by atoms with van der Waals surface area (Å²) >= 11 is 0. The Kier molecular flexibility index (Phi) is 10.2. The molecule has 1 aromatic carbocycles. The monoisotopic (exact) mass is 495 g/mol. The first-order valence-corrected chi connectivity index (χ1v) is 12.5. The number of aromatic amines is 1. The maximum absolute atomic E-state index is 13.3. The van der Waals surface area contributed by atoms with Gasteiger partial charge in [0.05, 0.1) is 24.1 Å². The van der Waals surface area contributed by atoms with Crippen molar-refractivity contribution in [1.29, 1.82) is 0 Å². The van der Waals surface area contributed by atoms with Crippen LogP contribution in [-0.4, -0.2) is 69.6 Å². The molecule has 3 amide bonds. The molecule has 4 atom stereocenters. The molecule has 193 valence electrons. The number of nitrogens with two attached hydrogens (primary N) is 1. The van der Waals surface area contributed by atoms with Gasteiger partial charge in [0.1, 0.15) is 12.1 Å². The number of unbranched alkanes of at least 4 members (excludes halogenated alkanes) is 1. The molecule has 0 unspecified atom stereocenters. The summed E-state index contributed by atoms with van der Waals surface area (Å²) in [6, 6.07) is 6.12. The molecule has 1 fully saturated rings. The van der Waals surface area contributed by atoms with E-state index in [1.807, 2.05) is 43.5 Å². The highest BCUT2D eigenvalue weighted by Gasteiger charge is 2.38. The van der Waals surface area contributed by atoms with E-state index in [-0.39, 0.29) is 18.7 Å². The van der Waals surface area contributed by atoms with E-state index in [1.165, 1.54) is 11.2 Å². The highest BCUT2D eigenvalue weighted by Crippen LogP contribution is 2.19. The average Bonchev–Trinajstić information content (AvgIpc) is 3.58. The number of hydrogen-bond acceptors (Lipinski definition) is 6. The smallest absolute Gasteiger partial charge is 0.243 e. The molecule has 0 bridgehead atoms. The van der Waals surface area contributed by atoms with Crippen LogP contribution in [-0.2, 0) is 32.0 Å². The summed E-state index contributed by atoms with van der Waals surface area (Å²) in [6.45, 7) is 2.41. The summed E-state index contributed by atoms with van der Waals surface area (Å²) < 4.78 is 0. The molecule has 1 aliphatic heterocycles. The molecular formula is C26H35N6O4. The number of nitrogens with zero attached hydrogens (tertiary/aromatic N) is 2. The number of H-pyrrole nitrogens is 1. The number of rotatable bonds is 13. The quantitative estimate of drug-likeness (QED) is 0.323. The van der Waals surface area contributed by atoms with Crippen molar-refractivity contribution in [1.82, 2.24) is 25.5 Å². The van der Waals surface area contributed by atoms with Crippen molar-refractivity contribution < 1.29 is 19.2 Å². The fourth-order valence-electron chi connectivity index (χ4n) is 4.40. The zero-order chi connectivity index (χ0) is 25.9. The van der Waals surface area contributed by atoms with E-state index in [0.29, 0.717) is 31.5 Å². The summed E-state index contributed by atoms with van der Waals surface area (Å²) in [5, 5.41) is 5.54. The van der Waals surface area contributed by atoms with Crippen LogP contribution in [0.2, 0.25) is 0 Å². The second-order valence-corrected chi connectivity index (χ2v) is 9.13. The van der Waals surface area contributed by atoms with Crippen molar-refractivity contribution >= 4 is 24.0 Å². The van der Waals surface area contributed by atoms with Crippen molar-refractivity contribution in [3.8, 4) is 0 Å². The lowest BCUT2D eigenvalue weighted by molar-refractivity contribution is -0.140. The molecule has 10 heteroatoms. The first-order chi connectivity index (χ1) is 17.4. The van der Waals surface area contributed by atoms with Gasteiger partial charge in [0.25, 0.3) is 0 Å². The van der Waals surface area contributed by atoms with Crippen LogP contribution in [0, 0.1) is 0 Å². The first kappa shape index (κ1) is 27.1. The van der Waals surface area contributed by atoms with E-state index in [2.05, 4.69) is 20.6 Å². The molecule has 2 heterocycles. The van der Waals surface area contributed by atoms with Gasteiger partial charge < -0.3 is 26.3 Å². The SMILES string of the molecule is CCCC[C@@H]([C]=O)NC(=O)[C@H](Cc1ccccc1)NC(=O)[C@@H]1CCCN1C(=O)[C@@H](N)Cc1c[nH]cn1. The number of hydrogen-bond donors (Lipinski definition) is 4. The van der Waals surface area contributed by atoms with Crippen LogP contribution < -0.4 is 16.4 Å². The Balaban J connectivity index is 1.69. The van der Waals surface area contributed by atoms with Gasteiger partial charge in [-0.1, -0.05) is 50.1 Å². The Morgan fingerprint density at radius 1 is 1.22 bits per heavy atom. The van der Waals surface area contributed by atoms with E-state index in [9.17, 15) is 19.2 Å². The van der Waals surface area contributed by atoms with Crippen LogP contribution in [0.15, 0.2) is 42.9 Å². The fraction of sp³-hybridized carbons (Fsp3) is 0.500. The number of imidazole rings is 1. The number of amides is 3. The van der Waals surface area contributed by atoms with E-state index >= 15 is 0 Å². The summed E-state index contributed by atoms with van der Waals surface area (Å²) in [6.07, 6.45) is 8.86. The van der Waals surface area contributed by atoms with Gasteiger partial charge >= 0.3 is 0 Å². The maximum atomic E-state index is 13.3. The molecule has 3 rings (SSSR count). The van der Waals surface area contributed by atoms with E-state index < -0.39 is 36.0 Å². The summed E-state index contributed by atoms with van der Waals surface area (Å²) in [5.74, 6) is -1.19. The van der Waals surface area contributed by atoms with Crippen LogP contribution in [0.1, 0.15) is 50.3 Å². The van der Waals surface area contributed by atoms with Crippen molar-refractivity contribution in [3.63, 3.8) is 0 Å². The van der Waals surface area contributed by atoms with Crippen molar-refractivity contribution in [3.05, 3.63) is 54.1 Å². The summed E-state index contributed by atoms with van der Waals surface area (Å²) in [5.41, 5.74) is 7.66. The van der Waals surface area contributed by atoms with Gasteiger partial charge in [-0.05, 0) is 24.8 Å². The molecular weight excluding hydrogens is 460 g/mol. The van der Waals surface area contributed by atoms with Crippen LogP contribution >= 0.6 is 0 Å². The minimum atomic E-state index is -0.910. The van der Waals surface area contributed by atoms with Crippen LogP contribution in [0.4, 0.5) is 0 Å². The Labute approximate surface area is 211 Å². The zero-order valence-corrected chi connectivity index (χ0v) is 20.6. The standard InChI is InChI=1S/C26H35N6O4/c1-2-3-10-19(16-33)30-24(34)22(13-18-8-5-4-6-9-18)31-25(35)23-11-7-12-32(23)26(36)21(27)14-20-15-28-17-29-20/h4-6,8-9,15,17,19,21-23H,2-3,7,10-14,27H2,1H3,(H,28,29)(H,30,34)(H,31,35)/t19-,21-,22-,23-/m0/s1. The number of nitrogens with one attached hydrogen (secondary N) is 3. The third-order valence-corrected chi connectivity index (χ3v) is 6.36. The predicted octanol–water partition coefficient (Wildman–Crippen LogP) is 0.783. The second-order valence-electron chi connectivity index (χ2n) is 9.13. The number of aromatic nitrogens is 2. The minimum Gasteiger partial charge on any atom is -0.351 e. The third kappa shape index (κ3) is 7.48. The van der Waals surface area contributed by atoms with Gasteiger partial charge in [0.15, 0.2) is 0 Å². The molecule has 10 nitrogen and oxygen atoms in total. The van der Waals surface area contributed by atoms with Crippen LogP contribution in [0.5, 0.6) is 0 Å². The van der Waals surface area contributed by atoms with E-state index in [4.69, 9.17) is 5.73 Å². The van der Waals surface area contributed by atoms with Gasteiger partial charge in [0, 0.05) is 25.6 Å². The summed E-state index contributed by atoms with van der Waals surface area (Å²) in [7, 11) is 0. The molecule has 36 heavy (non-hydrogen) atoms. The van der Waals surface area contributed by atoms with Crippen molar-refractivity contribution in [2.24, 2.45) is 5.73 Å². The topological polar surface area (TPSA) is 150 Å². The van der Waals surface area contributed by atoms with Crippen molar-refractivity contribution in [2.75, 3.05) is 6.54 Å². The highest BCUT2D eigenvalue weighted by molar-refractivity contribution is 5.94. The Morgan fingerprint density at radius 3 is 2.67 bits per heavy atom. The molecule has 0 spiro atoms. The lowest BCUT2D eigenvalue weighted by atomic mass is 10.0. The average molecular weight is 496 g/mol. The van der Waals surface area contributed by atoms with E-state index in [0.717, 1.165) is 18.4 Å². The maximum Gasteiger partial charge on any atom is 0.243 e. The second kappa shape index (κ2) is 13.5. The Bertz CT molecular complexity index is 997. The molecule has 2 aromatic rings. The molecule has 1 aromatic heterocycles.